The van der Waals surface area contributed by atoms with Gasteiger partial charge in [0.1, 0.15) is 0 Å². The predicted octanol–water partition coefficient (Wildman–Crippen LogP) is 5.55. The molecule has 1 aliphatic heterocycles. The number of alkyl halides is 1. The van der Waals surface area contributed by atoms with Gasteiger partial charge in [-0.15, -0.1) is 11.6 Å². The summed E-state index contributed by atoms with van der Waals surface area (Å²) in [6, 6.07) is 14.8. The van der Waals surface area contributed by atoms with Gasteiger partial charge in [0.25, 0.3) is 0 Å². The van der Waals surface area contributed by atoms with Crippen molar-refractivity contribution in [3.63, 3.8) is 0 Å². The van der Waals surface area contributed by atoms with Crippen LogP contribution in [0.3, 0.4) is 0 Å². The highest BCUT2D eigenvalue weighted by Gasteiger charge is 2.16. The van der Waals surface area contributed by atoms with Gasteiger partial charge in [-0.2, -0.15) is 0 Å². The fraction of sp³-hybridized carbons (Fsp3) is 0.294. The zero-order valence-electron chi connectivity index (χ0n) is 11.3. The first-order valence-electron chi connectivity index (χ1n) is 6.99. The fourth-order valence-electron chi connectivity index (χ4n) is 2.77. The summed E-state index contributed by atoms with van der Waals surface area (Å²) in [4.78, 5) is 2.37. The van der Waals surface area contributed by atoms with Crippen LogP contribution < -0.4 is 4.90 Å². The number of para-hydroxylation sites is 1. The van der Waals surface area contributed by atoms with Crippen molar-refractivity contribution in [2.45, 2.75) is 25.1 Å². The lowest BCUT2D eigenvalue weighted by atomic mass is 10.1. The van der Waals surface area contributed by atoms with Crippen molar-refractivity contribution in [3.8, 4) is 0 Å². The Hall–Kier alpha value is -1.18. The monoisotopic (exact) mass is 305 g/mol. The molecule has 0 unspecified atom stereocenters. The molecule has 0 bridgehead atoms. The van der Waals surface area contributed by atoms with Gasteiger partial charge in [0.2, 0.25) is 0 Å². The van der Waals surface area contributed by atoms with E-state index in [-0.39, 0.29) is 0 Å². The molecule has 0 aliphatic carbocycles. The van der Waals surface area contributed by atoms with Crippen molar-refractivity contribution in [2.75, 3.05) is 11.4 Å². The van der Waals surface area contributed by atoms with Crippen LogP contribution in [0.25, 0.3) is 0 Å². The molecule has 0 fully saturated rings. The minimum Gasteiger partial charge on any atom is -0.341 e. The number of fused-ring (bicyclic) bond motifs is 1. The molecule has 1 aliphatic rings. The minimum absolute atomic E-state index is 0.454. The van der Waals surface area contributed by atoms with Crippen LogP contribution in [0.4, 0.5) is 11.4 Å². The SMILES string of the molecule is ClCc1ccc(N2CCCCc3ccccc32)cc1Cl. The number of hydrogen-bond donors (Lipinski definition) is 0. The Kier molecular flexibility index (Phi) is 4.18. The van der Waals surface area contributed by atoms with E-state index in [1.165, 1.54) is 24.1 Å². The van der Waals surface area contributed by atoms with Crippen molar-refractivity contribution in [2.24, 2.45) is 0 Å². The van der Waals surface area contributed by atoms with E-state index >= 15 is 0 Å². The van der Waals surface area contributed by atoms with Crippen molar-refractivity contribution < 1.29 is 0 Å². The molecule has 1 heterocycles. The summed E-state index contributed by atoms with van der Waals surface area (Å²) in [7, 11) is 0. The third kappa shape index (κ3) is 2.65. The van der Waals surface area contributed by atoms with E-state index in [0.29, 0.717) is 5.88 Å². The van der Waals surface area contributed by atoms with Gasteiger partial charge in [-0.05, 0) is 48.6 Å². The lowest BCUT2D eigenvalue weighted by Gasteiger charge is -2.25. The lowest BCUT2D eigenvalue weighted by molar-refractivity contribution is 0.761. The van der Waals surface area contributed by atoms with Crippen LogP contribution in [-0.2, 0) is 12.3 Å². The Labute approximate surface area is 130 Å². The van der Waals surface area contributed by atoms with Crippen LogP contribution >= 0.6 is 23.2 Å². The molecule has 0 saturated heterocycles. The average Bonchev–Trinajstić information content (AvgIpc) is 2.69. The first-order valence-corrected chi connectivity index (χ1v) is 7.90. The standard InChI is InChI=1S/C17H17Cl2N/c18-12-14-8-9-15(11-16(14)19)20-10-4-3-6-13-5-1-2-7-17(13)20/h1-2,5,7-9,11H,3-4,6,10,12H2. The summed E-state index contributed by atoms with van der Waals surface area (Å²) in [6.45, 7) is 1.04. The number of anilines is 2. The molecular weight excluding hydrogens is 289 g/mol. The summed E-state index contributed by atoms with van der Waals surface area (Å²) in [6.07, 6.45) is 3.59. The number of benzene rings is 2. The Morgan fingerprint density at radius 1 is 1.05 bits per heavy atom. The molecule has 104 valence electrons. The zero-order chi connectivity index (χ0) is 13.9. The maximum Gasteiger partial charge on any atom is 0.0488 e. The molecule has 2 aromatic carbocycles. The quantitative estimate of drug-likeness (QED) is 0.657. The Balaban J connectivity index is 2.03. The van der Waals surface area contributed by atoms with Crippen LogP contribution in [0.5, 0.6) is 0 Å². The molecule has 3 heteroatoms. The van der Waals surface area contributed by atoms with E-state index in [9.17, 15) is 0 Å². The maximum atomic E-state index is 6.31. The smallest absolute Gasteiger partial charge is 0.0488 e. The summed E-state index contributed by atoms with van der Waals surface area (Å²) < 4.78 is 0. The van der Waals surface area contributed by atoms with Crippen LogP contribution in [0.15, 0.2) is 42.5 Å². The van der Waals surface area contributed by atoms with E-state index < -0.39 is 0 Å². The van der Waals surface area contributed by atoms with Gasteiger partial charge in [0, 0.05) is 28.8 Å². The van der Waals surface area contributed by atoms with Gasteiger partial charge in [0.05, 0.1) is 0 Å². The third-order valence-electron chi connectivity index (χ3n) is 3.85. The van der Waals surface area contributed by atoms with Crippen molar-refractivity contribution >= 4 is 34.6 Å². The van der Waals surface area contributed by atoms with E-state index in [1.807, 2.05) is 12.1 Å². The minimum atomic E-state index is 0.454. The molecule has 0 radical (unpaired) electrons. The Morgan fingerprint density at radius 2 is 1.90 bits per heavy atom. The maximum absolute atomic E-state index is 6.31. The van der Waals surface area contributed by atoms with Gasteiger partial charge in [-0.3, -0.25) is 0 Å². The zero-order valence-corrected chi connectivity index (χ0v) is 12.8. The molecular formula is C17H17Cl2N. The summed E-state index contributed by atoms with van der Waals surface area (Å²) in [5.74, 6) is 0.454. The van der Waals surface area contributed by atoms with E-state index in [2.05, 4.69) is 35.2 Å². The molecule has 0 atom stereocenters. The van der Waals surface area contributed by atoms with Gasteiger partial charge in [-0.1, -0.05) is 35.9 Å². The molecule has 0 spiro atoms. The highest BCUT2D eigenvalue weighted by atomic mass is 35.5. The summed E-state index contributed by atoms with van der Waals surface area (Å²) >= 11 is 12.2. The molecule has 0 aromatic heterocycles. The molecule has 0 saturated carbocycles. The number of hydrogen-bond acceptors (Lipinski definition) is 1. The predicted molar refractivity (Wildman–Crippen MR) is 87.4 cm³/mol. The van der Waals surface area contributed by atoms with Crippen LogP contribution in [0.1, 0.15) is 24.0 Å². The van der Waals surface area contributed by atoms with Gasteiger partial charge in [0.15, 0.2) is 0 Å². The van der Waals surface area contributed by atoms with Crippen LogP contribution in [0, 0.1) is 0 Å². The second kappa shape index (κ2) is 6.07. The molecule has 1 nitrogen and oxygen atoms in total. The van der Waals surface area contributed by atoms with Crippen LogP contribution in [-0.4, -0.2) is 6.54 Å². The number of halogens is 2. The molecule has 0 N–H and O–H groups in total. The second-order valence-corrected chi connectivity index (χ2v) is 5.82. The highest BCUT2D eigenvalue weighted by molar-refractivity contribution is 6.32. The second-order valence-electron chi connectivity index (χ2n) is 5.15. The normalized spacial score (nSPS) is 14.8. The summed E-state index contributed by atoms with van der Waals surface area (Å²) in [5, 5.41) is 0.749. The number of nitrogens with zero attached hydrogens (tertiary/aromatic N) is 1. The average molecular weight is 306 g/mol. The molecule has 0 amide bonds. The van der Waals surface area contributed by atoms with Gasteiger partial charge < -0.3 is 4.90 Å². The number of rotatable bonds is 2. The van der Waals surface area contributed by atoms with E-state index in [4.69, 9.17) is 23.2 Å². The first-order chi connectivity index (χ1) is 9.79. The van der Waals surface area contributed by atoms with Crippen molar-refractivity contribution in [1.82, 2.24) is 0 Å². The van der Waals surface area contributed by atoms with E-state index in [1.54, 1.807) is 0 Å². The molecule has 2 aromatic rings. The van der Waals surface area contributed by atoms with Crippen LogP contribution in [0.2, 0.25) is 5.02 Å². The summed E-state index contributed by atoms with van der Waals surface area (Å²) in [5.41, 5.74) is 4.86. The highest BCUT2D eigenvalue weighted by Crippen LogP contribution is 2.34. The number of aryl methyl sites for hydroxylation is 1. The molecule has 3 rings (SSSR count). The molecule has 20 heavy (non-hydrogen) atoms. The Bertz CT molecular complexity index is 610. The first kappa shape index (κ1) is 13.8. The lowest BCUT2D eigenvalue weighted by Crippen LogP contribution is -2.17. The van der Waals surface area contributed by atoms with Gasteiger partial charge in [-0.25, -0.2) is 0 Å². The van der Waals surface area contributed by atoms with Crippen molar-refractivity contribution in [1.29, 1.82) is 0 Å². The van der Waals surface area contributed by atoms with E-state index in [0.717, 1.165) is 29.2 Å². The topological polar surface area (TPSA) is 3.24 Å². The van der Waals surface area contributed by atoms with Gasteiger partial charge >= 0.3 is 0 Å². The fourth-order valence-corrected chi connectivity index (χ4v) is 3.32. The largest absolute Gasteiger partial charge is 0.341 e. The van der Waals surface area contributed by atoms with Crippen molar-refractivity contribution in [3.05, 3.63) is 58.6 Å². The third-order valence-corrected chi connectivity index (χ3v) is 4.49. The Morgan fingerprint density at radius 3 is 2.70 bits per heavy atom.